The summed E-state index contributed by atoms with van der Waals surface area (Å²) >= 11 is 3.77. The van der Waals surface area contributed by atoms with Crippen LogP contribution in [0.1, 0.15) is 6.92 Å². The minimum absolute atomic E-state index is 0. The van der Waals surface area contributed by atoms with Gasteiger partial charge in [0, 0.05) is 0 Å². The van der Waals surface area contributed by atoms with Gasteiger partial charge in [0.25, 0.3) is 0 Å². The Balaban J connectivity index is 0. The smallest absolute Gasteiger partial charge is 0.548 e. The van der Waals surface area contributed by atoms with E-state index in [1.807, 2.05) is 0 Å². The van der Waals surface area contributed by atoms with Crippen LogP contribution in [0.2, 0.25) is 0 Å². The van der Waals surface area contributed by atoms with E-state index in [0.29, 0.717) is 0 Å². The first-order valence-electron chi connectivity index (χ1n) is 2.69. The van der Waals surface area contributed by atoms with Crippen LogP contribution in [0.25, 0.3) is 0 Å². The van der Waals surface area contributed by atoms with Gasteiger partial charge in [0.05, 0.1) is 17.8 Å². The number of nitrogens with one attached hydrogen (secondary N) is 1. The summed E-state index contributed by atoms with van der Waals surface area (Å²) in [6, 6.07) is 0. The number of carbonyl (C=O) groups is 2. The van der Waals surface area contributed by atoms with Crippen LogP contribution in [-0.4, -0.2) is 23.7 Å². The number of thiol groups is 1. The maximum absolute atomic E-state index is 10.6. The molecule has 0 heterocycles. The zero-order valence-corrected chi connectivity index (χ0v) is 9.35. The van der Waals surface area contributed by atoms with Gasteiger partial charge >= 0.3 is 29.6 Å². The Labute approximate surface area is 92.4 Å². The monoisotopic (exact) mass is 185 g/mol. The quantitative estimate of drug-likeness (QED) is 0.342. The summed E-state index contributed by atoms with van der Waals surface area (Å²) in [5.74, 6) is -1.71. The fourth-order valence-corrected chi connectivity index (χ4v) is 0.398. The molecule has 0 aromatic rings. The first-order valence-corrected chi connectivity index (χ1v) is 3.21. The number of carboxylic acid groups (broad SMARTS) is 1. The van der Waals surface area contributed by atoms with Crippen molar-refractivity contribution < 1.29 is 44.3 Å². The molecule has 0 aromatic carbocycles. The molecule has 0 aliphatic heterocycles. The second-order valence-electron chi connectivity index (χ2n) is 1.77. The molecule has 0 saturated carbocycles. The molecule has 11 heavy (non-hydrogen) atoms. The van der Waals surface area contributed by atoms with Gasteiger partial charge in [-0.05, 0) is 6.92 Å². The summed E-state index contributed by atoms with van der Waals surface area (Å²) in [7, 11) is 0. The molecule has 6 heteroatoms. The number of carboxylic acids is 1. The molecular weight excluding hydrogens is 177 g/mol. The van der Waals surface area contributed by atoms with E-state index in [1.165, 1.54) is 0 Å². The van der Waals surface area contributed by atoms with Crippen LogP contribution in [0.15, 0.2) is 0 Å². The molecular formula is C5H8NNaO3S. The average molecular weight is 185 g/mol. The third-order valence-electron chi connectivity index (χ3n) is 0.786. The van der Waals surface area contributed by atoms with Gasteiger partial charge in [-0.2, -0.15) is 12.6 Å². The number of hydrogen-bond donors (Lipinski definition) is 2. The number of amides is 1. The number of hydrogen-bond acceptors (Lipinski definition) is 4. The van der Waals surface area contributed by atoms with Gasteiger partial charge in [-0.1, -0.05) is 0 Å². The fourth-order valence-electron chi connectivity index (χ4n) is 0.307. The topological polar surface area (TPSA) is 69.2 Å². The van der Waals surface area contributed by atoms with Gasteiger partial charge in [-0.25, -0.2) is 0 Å². The van der Waals surface area contributed by atoms with Gasteiger partial charge < -0.3 is 15.2 Å². The second-order valence-corrected chi connectivity index (χ2v) is 2.54. The second kappa shape index (κ2) is 6.97. The maximum atomic E-state index is 10.6. The van der Waals surface area contributed by atoms with Gasteiger partial charge in [0.2, 0.25) is 5.91 Å². The van der Waals surface area contributed by atoms with Crippen LogP contribution < -0.4 is 40.0 Å². The van der Waals surface area contributed by atoms with E-state index < -0.39 is 23.7 Å². The SMILES string of the molecule is C[C@H](S)C(=O)NCC(=O)[O-].[Na+]. The molecule has 0 bridgehead atoms. The Hall–Kier alpha value is 0.290. The Morgan fingerprint density at radius 3 is 2.36 bits per heavy atom. The van der Waals surface area contributed by atoms with Crippen LogP contribution in [0.3, 0.4) is 0 Å². The minimum atomic E-state index is -1.30. The van der Waals surface area contributed by atoms with Gasteiger partial charge in [0.15, 0.2) is 0 Å². The van der Waals surface area contributed by atoms with Crippen LogP contribution in [0.4, 0.5) is 0 Å². The largest absolute Gasteiger partial charge is 1.00 e. The summed E-state index contributed by atoms with van der Waals surface area (Å²) < 4.78 is 0. The number of carbonyl (C=O) groups excluding carboxylic acids is 2. The molecule has 0 rings (SSSR count). The van der Waals surface area contributed by atoms with Crippen molar-refractivity contribution in [3.05, 3.63) is 0 Å². The Kier molecular flexibility index (Phi) is 8.77. The van der Waals surface area contributed by atoms with Crippen molar-refractivity contribution in [3.63, 3.8) is 0 Å². The standard InChI is InChI=1S/C5H9NO3S.Na/c1-3(10)5(9)6-2-4(7)8;/h3,10H,2H2,1H3,(H,6,9)(H,7,8);/q;+1/p-1/t3-;/m0./s1. The molecule has 0 aromatic heterocycles. The summed E-state index contributed by atoms with van der Waals surface area (Å²) in [6.45, 7) is 1.09. The maximum Gasteiger partial charge on any atom is 1.00 e. The third-order valence-corrected chi connectivity index (χ3v) is 1.02. The van der Waals surface area contributed by atoms with Crippen LogP contribution >= 0.6 is 12.6 Å². The van der Waals surface area contributed by atoms with E-state index in [1.54, 1.807) is 6.92 Å². The van der Waals surface area contributed by atoms with E-state index in [4.69, 9.17) is 0 Å². The van der Waals surface area contributed by atoms with Crippen LogP contribution in [0.5, 0.6) is 0 Å². The molecule has 4 nitrogen and oxygen atoms in total. The Bertz CT molecular complexity index is 151. The van der Waals surface area contributed by atoms with E-state index in [0.717, 1.165) is 0 Å². The summed E-state index contributed by atoms with van der Waals surface area (Å²) in [6.07, 6.45) is 0. The molecule has 0 unspecified atom stereocenters. The molecule has 1 atom stereocenters. The minimum Gasteiger partial charge on any atom is -0.548 e. The average Bonchev–Trinajstić information content (AvgIpc) is 1.82. The van der Waals surface area contributed by atoms with Gasteiger partial charge in [-0.3, -0.25) is 4.79 Å². The Morgan fingerprint density at radius 1 is 1.64 bits per heavy atom. The first kappa shape index (κ1) is 13.9. The fraction of sp³-hybridized carbons (Fsp3) is 0.600. The molecule has 0 spiro atoms. The normalized spacial score (nSPS) is 11.1. The first-order chi connectivity index (χ1) is 4.54. The molecule has 0 radical (unpaired) electrons. The zero-order valence-electron chi connectivity index (χ0n) is 6.46. The van der Waals surface area contributed by atoms with Crippen molar-refractivity contribution in [3.8, 4) is 0 Å². The van der Waals surface area contributed by atoms with E-state index >= 15 is 0 Å². The number of aliphatic carboxylic acids is 1. The summed E-state index contributed by atoms with van der Waals surface area (Å²) in [5, 5.41) is 11.4. The molecule has 1 N–H and O–H groups in total. The van der Waals surface area contributed by atoms with Crippen molar-refractivity contribution in [2.75, 3.05) is 6.54 Å². The van der Waals surface area contributed by atoms with Crippen molar-refractivity contribution in [1.82, 2.24) is 5.32 Å². The van der Waals surface area contributed by atoms with Crippen molar-refractivity contribution in [2.24, 2.45) is 0 Å². The molecule has 0 aliphatic rings. The molecule has 0 saturated heterocycles. The van der Waals surface area contributed by atoms with Gasteiger partial charge in [0.1, 0.15) is 0 Å². The van der Waals surface area contributed by atoms with Crippen molar-refractivity contribution in [1.29, 1.82) is 0 Å². The van der Waals surface area contributed by atoms with Crippen molar-refractivity contribution in [2.45, 2.75) is 12.2 Å². The van der Waals surface area contributed by atoms with Gasteiger partial charge in [-0.15, -0.1) is 0 Å². The predicted octanol–water partition coefficient (Wildman–Crippen LogP) is -4.83. The summed E-state index contributed by atoms with van der Waals surface area (Å²) in [4.78, 5) is 20.3. The zero-order chi connectivity index (χ0) is 8.15. The van der Waals surface area contributed by atoms with Crippen LogP contribution in [0, 0.1) is 0 Å². The molecule has 0 aliphatic carbocycles. The van der Waals surface area contributed by atoms with E-state index in [-0.39, 0.29) is 29.6 Å². The van der Waals surface area contributed by atoms with Crippen LogP contribution in [-0.2, 0) is 9.59 Å². The van der Waals surface area contributed by atoms with E-state index in [2.05, 4.69) is 17.9 Å². The number of rotatable bonds is 3. The molecule has 58 valence electrons. The molecule has 1 amide bonds. The molecule has 0 fully saturated rings. The third kappa shape index (κ3) is 8.19. The van der Waals surface area contributed by atoms with Crippen molar-refractivity contribution >= 4 is 24.5 Å². The van der Waals surface area contributed by atoms with E-state index in [9.17, 15) is 14.7 Å². The summed E-state index contributed by atoms with van der Waals surface area (Å²) in [5.41, 5.74) is 0. The predicted molar refractivity (Wildman–Crippen MR) is 36.5 cm³/mol. The Morgan fingerprint density at radius 2 is 2.09 bits per heavy atom.